The fraction of sp³-hybridized carbons (Fsp3) is 0.200. The summed E-state index contributed by atoms with van der Waals surface area (Å²) in [6.45, 7) is 19.5. The van der Waals surface area contributed by atoms with Gasteiger partial charge in [-0.05, 0) is 126 Å². The first-order valence-electron chi connectivity index (χ1n) is 41.4. The van der Waals surface area contributed by atoms with Crippen LogP contribution >= 0.6 is 11.6 Å². The Hall–Kier alpha value is -15.8. The summed E-state index contributed by atoms with van der Waals surface area (Å²) in [5.74, 6) is 5.30. The Morgan fingerprint density at radius 2 is 0.638 bits per heavy atom. The lowest BCUT2D eigenvalue weighted by atomic mass is 10.1. The van der Waals surface area contributed by atoms with E-state index in [9.17, 15) is 32.8 Å². The van der Waals surface area contributed by atoms with Gasteiger partial charge in [-0.2, -0.15) is 0 Å². The number of nitrogens with zero attached hydrogens (tertiary/aromatic N) is 17. The van der Waals surface area contributed by atoms with E-state index in [1.165, 1.54) is 49.4 Å². The third-order valence-electron chi connectivity index (χ3n) is 18.8. The number of pyridine rings is 13. The first-order chi connectivity index (χ1) is 62.8. The number of ketones is 5. The van der Waals surface area contributed by atoms with Gasteiger partial charge < -0.3 is 23.7 Å². The molecule has 0 spiro atoms. The van der Waals surface area contributed by atoms with E-state index in [1.54, 1.807) is 98.0 Å². The number of carbonyl (C=O) groups excluding carboxylic acids is 5. The molecule has 0 aliphatic rings. The molecule has 0 N–H and O–H groups in total. The molecule has 0 aliphatic heterocycles. The Bertz CT molecular complexity index is 6500. The minimum atomic E-state index is -0.505. The number of hydrogen-bond acceptors (Lipinski definition) is 27. The normalized spacial score (nSPS) is 10.5. The molecule has 0 aliphatic carbocycles. The van der Waals surface area contributed by atoms with Crippen molar-refractivity contribution in [2.45, 2.75) is 133 Å². The van der Waals surface area contributed by atoms with Crippen LogP contribution in [-0.4, -0.2) is 114 Å². The van der Waals surface area contributed by atoms with Crippen LogP contribution in [0.5, 0.6) is 57.5 Å². The Morgan fingerprint density at radius 1 is 0.315 bits per heavy atom. The van der Waals surface area contributed by atoms with Crippen LogP contribution in [0.3, 0.4) is 0 Å². The molecular formula is C100H90ClF2N17O10. The summed E-state index contributed by atoms with van der Waals surface area (Å²) in [5, 5.41) is 0.481. The van der Waals surface area contributed by atoms with Gasteiger partial charge in [0, 0.05) is 177 Å². The Balaban J connectivity index is 0.000000157. The van der Waals surface area contributed by atoms with Crippen molar-refractivity contribution in [2.75, 3.05) is 0 Å². The number of aromatic nitrogens is 17. The molecule has 0 bridgehead atoms. The number of Topliss-reactive ketones (excluding diaryl/α,β-unsaturated/α-hetero) is 5. The topological polar surface area (TPSA) is 351 Å². The van der Waals surface area contributed by atoms with Crippen molar-refractivity contribution in [3.05, 3.63) is 375 Å². The van der Waals surface area contributed by atoms with Gasteiger partial charge in [0.1, 0.15) is 98.8 Å². The van der Waals surface area contributed by atoms with E-state index >= 15 is 0 Å². The predicted molar refractivity (Wildman–Crippen MR) is 483 cm³/mol. The summed E-state index contributed by atoms with van der Waals surface area (Å²) >= 11 is 5.94. The molecule has 0 saturated carbocycles. The zero-order chi connectivity index (χ0) is 92.4. The highest BCUT2D eigenvalue weighted by molar-refractivity contribution is 6.30. The number of halogens is 3. The molecule has 27 nitrogen and oxygen atoms in total. The molecule has 15 aromatic heterocycles. The van der Waals surface area contributed by atoms with Gasteiger partial charge in [0.05, 0.1) is 92.9 Å². The standard InChI is InChI=1S/C21H16FN3O2.C20H18ClN3O2.C20H18FN3O2.C20H20N4O2.C19H18N4O2/c1-3-14-5-6-17(24-11-14)9-21(26)20-10-18(8-16(4-2)25-20)27-19-7-15(22)12-23-13-19;1-3-15-7-17(26-18-6-14(21)11-22-12-18)9-19(24-15)20(25)8-16-5-4-13(2)10-23-16;1-3-15-8-17(26-18-7-14(21)11-22-12-18)10-19(24-15)20(25)9-16-6-4-5-13(2)23-16;1-4-15-7-17(26-18-10-21-12-22-11-18)9-19(24-15)20(25)8-16-6-5-13(2)14(3)23-16;1-3-14-7-16(25-17-10-20-12-21-11-17)9-18(23-14)19(24)8-15-6-4-5-13(2)22-15/h1,5-8,10-13H,4,9H2,2H3;4-7,9-12H,3,8H2,1-2H3;4-8,10-12H,3,9H2,1-2H3;5-7,9-12H,4,8H2,1-3H3;4-7,9-12H,3,8H2,1-2H3. The minimum absolute atomic E-state index is 0.0893. The molecule has 130 heavy (non-hydrogen) atoms. The van der Waals surface area contributed by atoms with Crippen molar-refractivity contribution < 1.29 is 56.4 Å². The number of hydrogen-bond donors (Lipinski definition) is 0. The average molecular weight is 1760 g/mol. The van der Waals surface area contributed by atoms with Crippen molar-refractivity contribution >= 4 is 40.5 Å². The van der Waals surface area contributed by atoms with E-state index in [1.807, 2.05) is 148 Å². The fourth-order valence-corrected chi connectivity index (χ4v) is 12.2. The first-order valence-corrected chi connectivity index (χ1v) is 41.7. The second kappa shape index (κ2) is 47.5. The monoisotopic (exact) mass is 1760 g/mol. The molecule has 0 saturated heterocycles. The maximum absolute atomic E-state index is 13.3. The number of carbonyl (C=O) groups is 5. The fourth-order valence-electron chi connectivity index (χ4n) is 12.1. The van der Waals surface area contributed by atoms with Crippen molar-refractivity contribution in [3.8, 4) is 69.8 Å². The van der Waals surface area contributed by atoms with Gasteiger partial charge in [-0.15, -0.1) is 6.42 Å². The number of aryl methyl sites for hydroxylation is 10. The third-order valence-corrected chi connectivity index (χ3v) is 19.0. The lowest BCUT2D eigenvalue weighted by Crippen LogP contribution is -2.09. The van der Waals surface area contributed by atoms with Crippen LogP contribution in [-0.2, 0) is 64.2 Å². The number of terminal acetylenes is 1. The molecule has 0 radical (unpaired) electrons. The molecule has 15 heterocycles. The maximum Gasteiger partial charge on any atom is 0.187 e. The van der Waals surface area contributed by atoms with Gasteiger partial charge in [0.2, 0.25) is 0 Å². The number of rotatable bonds is 30. The molecular weight excluding hydrogens is 1670 g/mol. The molecule has 0 fully saturated rings. The lowest BCUT2D eigenvalue weighted by molar-refractivity contribution is 0.0978. The predicted octanol–water partition coefficient (Wildman–Crippen LogP) is 19.5. The zero-order valence-corrected chi connectivity index (χ0v) is 73.7. The summed E-state index contributed by atoms with van der Waals surface area (Å²) in [6.07, 6.45) is 30.0. The summed E-state index contributed by atoms with van der Waals surface area (Å²) in [4.78, 5) is 134. The molecule has 656 valence electrons. The van der Waals surface area contributed by atoms with Crippen molar-refractivity contribution in [2.24, 2.45) is 0 Å². The van der Waals surface area contributed by atoms with Gasteiger partial charge >= 0.3 is 0 Å². The summed E-state index contributed by atoms with van der Waals surface area (Å²) < 4.78 is 55.2. The van der Waals surface area contributed by atoms with Crippen molar-refractivity contribution in [1.82, 2.24) is 84.7 Å². The van der Waals surface area contributed by atoms with E-state index in [4.69, 9.17) is 41.7 Å². The Labute approximate surface area is 755 Å². The Morgan fingerprint density at radius 3 is 0.954 bits per heavy atom. The first kappa shape index (κ1) is 94.8. The van der Waals surface area contributed by atoms with E-state index in [-0.39, 0.29) is 78.2 Å². The SMILES string of the molecule is C#Cc1ccc(CC(=O)c2cc(Oc3cncc(F)c3)cc(CC)n2)nc1.CCc1cc(Oc2cncc(Cl)c2)cc(C(=O)Cc2ccc(C)cn2)n1.CCc1cc(Oc2cncc(F)c2)cc(C(=O)Cc2cccc(C)n2)n1.CCc1cc(Oc2cncnc2)cc(C(=O)Cc2ccc(C)c(C)n2)n1.CCc1cc(Oc2cncnc2)cc(C(=O)Cc2cccc(C)n2)n1. The van der Waals surface area contributed by atoms with E-state index < -0.39 is 11.6 Å². The Kier molecular flexibility index (Phi) is 34.6. The maximum atomic E-state index is 13.3. The van der Waals surface area contributed by atoms with Crippen molar-refractivity contribution in [1.29, 1.82) is 0 Å². The van der Waals surface area contributed by atoms with Crippen molar-refractivity contribution in [3.63, 3.8) is 0 Å². The summed E-state index contributed by atoms with van der Waals surface area (Å²) in [5.41, 5.74) is 14.4. The second-order valence-corrected chi connectivity index (χ2v) is 29.5. The smallest absolute Gasteiger partial charge is 0.187 e. The summed E-state index contributed by atoms with van der Waals surface area (Å²) in [6, 6.07) is 43.3. The highest BCUT2D eigenvalue weighted by Gasteiger charge is 2.21. The summed E-state index contributed by atoms with van der Waals surface area (Å²) in [7, 11) is 0. The molecule has 0 unspecified atom stereocenters. The average Bonchev–Trinajstić information content (AvgIpc) is 0.935. The molecule has 15 rings (SSSR count). The molecule has 15 aromatic rings. The van der Waals surface area contributed by atoms with Gasteiger partial charge in [-0.3, -0.25) is 63.8 Å². The van der Waals surface area contributed by atoms with E-state index in [0.29, 0.717) is 140 Å². The van der Waals surface area contributed by atoms with Crippen LogP contribution in [0.2, 0.25) is 5.02 Å². The molecule has 0 atom stereocenters. The van der Waals surface area contributed by atoms with Gasteiger partial charge in [-0.25, -0.2) is 53.6 Å². The second-order valence-electron chi connectivity index (χ2n) is 29.1. The minimum Gasteiger partial charge on any atom is -0.456 e. The van der Waals surface area contributed by atoms with Crippen LogP contribution in [0.15, 0.2) is 239 Å². The highest BCUT2D eigenvalue weighted by atomic mass is 35.5. The highest BCUT2D eigenvalue weighted by Crippen LogP contribution is 2.30. The lowest BCUT2D eigenvalue weighted by Gasteiger charge is -2.09. The number of ether oxygens (including phenoxy) is 5. The van der Waals surface area contributed by atoms with Crippen LogP contribution in [0.1, 0.15) is 178 Å². The van der Waals surface area contributed by atoms with E-state index in [0.717, 1.165) is 69.1 Å². The van der Waals surface area contributed by atoms with Crippen LogP contribution < -0.4 is 23.7 Å². The van der Waals surface area contributed by atoms with Crippen LogP contribution in [0.25, 0.3) is 0 Å². The molecule has 0 aromatic carbocycles. The van der Waals surface area contributed by atoms with E-state index in [2.05, 4.69) is 90.6 Å². The van der Waals surface area contributed by atoms with Gasteiger partial charge in [0.15, 0.2) is 40.4 Å². The van der Waals surface area contributed by atoms with Crippen LogP contribution in [0, 0.1) is 58.6 Å². The van der Waals surface area contributed by atoms with Gasteiger partial charge in [-0.1, -0.05) is 76.4 Å². The molecule has 30 heteroatoms. The van der Waals surface area contributed by atoms with Gasteiger partial charge in [0.25, 0.3) is 0 Å². The quantitative estimate of drug-likeness (QED) is 0.0298. The van der Waals surface area contributed by atoms with Crippen LogP contribution in [0.4, 0.5) is 8.78 Å². The molecule has 0 amide bonds. The largest absolute Gasteiger partial charge is 0.456 e. The zero-order valence-electron chi connectivity index (χ0n) is 73.0. The third kappa shape index (κ3) is 29.9.